The van der Waals surface area contributed by atoms with Crippen molar-refractivity contribution in [3.05, 3.63) is 36.0 Å². The van der Waals surface area contributed by atoms with Gasteiger partial charge < -0.3 is 10.0 Å². The summed E-state index contributed by atoms with van der Waals surface area (Å²) in [7, 11) is 3.45. The predicted molar refractivity (Wildman–Crippen MR) is 81.0 cm³/mol. The largest absolute Gasteiger partial charge is 0.476 e. The zero-order valence-corrected chi connectivity index (χ0v) is 12.4. The third-order valence-electron chi connectivity index (χ3n) is 3.79. The highest BCUT2D eigenvalue weighted by molar-refractivity contribution is 5.98. The molecule has 1 saturated heterocycles. The first-order valence-electron chi connectivity index (χ1n) is 6.88. The van der Waals surface area contributed by atoms with Gasteiger partial charge in [-0.05, 0) is 12.1 Å². The fourth-order valence-electron chi connectivity index (χ4n) is 2.62. The number of rotatable bonds is 3. The Kier molecular flexibility index (Phi) is 3.32. The molecule has 0 aliphatic carbocycles. The maximum Gasteiger partial charge on any atom is 0.356 e. The van der Waals surface area contributed by atoms with Crippen LogP contribution in [-0.4, -0.2) is 51.9 Å². The monoisotopic (exact) mass is 300 g/mol. The number of aromatic nitrogens is 2. The van der Waals surface area contributed by atoms with Gasteiger partial charge in [-0.15, -0.1) is 0 Å². The molecule has 1 aliphatic rings. The van der Waals surface area contributed by atoms with Crippen LogP contribution in [0.5, 0.6) is 0 Å². The lowest BCUT2D eigenvalue weighted by molar-refractivity contribution is 0.0689. The highest BCUT2D eigenvalue weighted by Crippen LogP contribution is 2.32. The maximum atomic E-state index is 12.2. The van der Waals surface area contributed by atoms with E-state index in [0.29, 0.717) is 18.8 Å². The lowest BCUT2D eigenvalue weighted by Gasteiger charge is -2.19. The molecule has 0 bridgehead atoms. The van der Waals surface area contributed by atoms with E-state index < -0.39 is 5.97 Å². The van der Waals surface area contributed by atoms with E-state index in [0.717, 1.165) is 11.3 Å². The van der Waals surface area contributed by atoms with E-state index in [9.17, 15) is 9.59 Å². The van der Waals surface area contributed by atoms with Crippen molar-refractivity contribution in [2.75, 3.05) is 25.0 Å². The predicted octanol–water partition coefficient (Wildman–Crippen LogP) is 1.66. The van der Waals surface area contributed by atoms with E-state index in [4.69, 9.17) is 5.11 Å². The number of hydrogen-bond donors (Lipinski definition) is 1. The third-order valence-corrected chi connectivity index (χ3v) is 3.79. The molecular weight excluding hydrogens is 284 g/mol. The molecule has 114 valence electrons. The smallest absolute Gasteiger partial charge is 0.356 e. The van der Waals surface area contributed by atoms with Gasteiger partial charge in [-0.3, -0.25) is 9.58 Å². The highest BCUT2D eigenvalue weighted by Gasteiger charge is 2.29. The van der Waals surface area contributed by atoms with Gasteiger partial charge >= 0.3 is 12.0 Å². The Morgan fingerprint density at radius 1 is 1.23 bits per heavy atom. The molecule has 1 N–H and O–H groups in total. The first-order valence-corrected chi connectivity index (χ1v) is 6.88. The van der Waals surface area contributed by atoms with Crippen molar-refractivity contribution in [1.29, 1.82) is 0 Å². The molecule has 22 heavy (non-hydrogen) atoms. The van der Waals surface area contributed by atoms with Gasteiger partial charge in [0.1, 0.15) is 0 Å². The minimum Gasteiger partial charge on any atom is -0.476 e. The van der Waals surface area contributed by atoms with Gasteiger partial charge in [-0.2, -0.15) is 5.10 Å². The molecular formula is C15H16N4O3. The average Bonchev–Trinajstić information content (AvgIpc) is 3.03. The number of nitrogens with zero attached hydrogens (tertiary/aromatic N) is 4. The summed E-state index contributed by atoms with van der Waals surface area (Å²) in [5.74, 6) is -1.07. The van der Waals surface area contributed by atoms with Gasteiger partial charge in [0.2, 0.25) is 0 Å². The molecule has 0 unspecified atom stereocenters. The van der Waals surface area contributed by atoms with Crippen LogP contribution < -0.4 is 4.90 Å². The molecule has 2 aromatic rings. The third kappa shape index (κ3) is 2.20. The number of carboxylic acids is 1. The topological polar surface area (TPSA) is 78.7 Å². The van der Waals surface area contributed by atoms with Crippen LogP contribution in [0, 0.1) is 0 Å². The fourth-order valence-corrected chi connectivity index (χ4v) is 2.62. The summed E-state index contributed by atoms with van der Waals surface area (Å²) in [6.07, 6.45) is 0. The quantitative estimate of drug-likeness (QED) is 0.935. The average molecular weight is 300 g/mol. The summed E-state index contributed by atoms with van der Waals surface area (Å²) in [5.41, 5.74) is 2.19. The lowest BCUT2D eigenvalue weighted by Crippen LogP contribution is -2.29. The van der Waals surface area contributed by atoms with Crippen molar-refractivity contribution in [2.45, 2.75) is 0 Å². The summed E-state index contributed by atoms with van der Waals surface area (Å²) in [6, 6.07) is 8.90. The fraction of sp³-hybridized carbons (Fsp3) is 0.267. The number of carbonyl (C=O) groups excluding carboxylic acids is 1. The van der Waals surface area contributed by atoms with Crippen LogP contribution in [0.15, 0.2) is 30.3 Å². The molecule has 1 fully saturated rings. The second-order valence-corrected chi connectivity index (χ2v) is 5.22. The number of likely N-dealkylation sites (N-methyl/N-ethyl adjacent to an activating group) is 1. The molecule has 0 radical (unpaired) electrons. The summed E-state index contributed by atoms with van der Waals surface area (Å²) < 4.78 is 1.52. The molecule has 0 spiro atoms. The number of hydrogen-bond acceptors (Lipinski definition) is 3. The van der Waals surface area contributed by atoms with Crippen LogP contribution >= 0.6 is 0 Å². The van der Waals surface area contributed by atoms with Crippen LogP contribution in [0.1, 0.15) is 10.5 Å². The molecule has 1 aromatic carbocycles. The van der Waals surface area contributed by atoms with E-state index in [1.807, 2.05) is 24.3 Å². The zero-order valence-electron chi connectivity index (χ0n) is 12.4. The van der Waals surface area contributed by atoms with Crippen LogP contribution in [-0.2, 0) is 7.05 Å². The maximum absolute atomic E-state index is 12.2. The number of benzene rings is 1. The van der Waals surface area contributed by atoms with Gasteiger partial charge in [-0.25, -0.2) is 9.59 Å². The van der Waals surface area contributed by atoms with E-state index in [2.05, 4.69) is 5.10 Å². The van der Waals surface area contributed by atoms with Crippen LogP contribution in [0.2, 0.25) is 0 Å². The molecule has 7 heteroatoms. The Bertz CT molecular complexity index is 753. The summed E-state index contributed by atoms with van der Waals surface area (Å²) >= 11 is 0. The number of aryl methyl sites for hydroxylation is 1. The van der Waals surface area contributed by atoms with Crippen LogP contribution in [0.4, 0.5) is 10.5 Å². The Balaban J connectivity index is 2.09. The van der Waals surface area contributed by atoms with Crippen LogP contribution in [0.25, 0.3) is 11.3 Å². The Hall–Kier alpha value is -2.83. The van der Waals surface area contributed by atoms with E-state index in [1.54, 1.807) is 23.9 Å². The minimum absolute atomic E-state index is 0.0165. The van der Waals surface area contributed by atoms with E-state index >= 15 is 0 Å². The molecule has 0 atom stereocenters. The van der Waals surface area contributed by atoms with E-state index in [1.165, 1.54) is 10.7 Å². The Labute approximate surface area is 127 Å². The highest BCUT2D eigenvalue weighted by atomic mass is 16.4. The van der Waals surface area contributed by atoms with Crippen molar-refractivity contribution < 1.29 is 14.7 Å². The van der Waals surface area contributed by atoms with E-state index in [-0.39, 0.29) is 11.7 Å². The van der Waals surface area contributed by atoms with Gasteiger partial charge in [0, 0.05) is 32.7 Å². The van der Waals surface area contributed by atoms with Crippen molar-refractivity contribution in [2.24, 2.45) is 7.05 Å². The number of anilines is 1. The normalized spacial score (nSPS) is 14.7. The zero-order chi connectivity index (χ0) is 15.9. The van der Waals surface area contributed by atoms with Crippen molar-refractivity contribution >= 4 is 17.7 Å². The lowest BCUT2D eigenvalue weighted by atomic mass is 10.1. The first kappa shape index (κ1) is 14.1. The standard InChI is InChI=1S/C15H16N4O3/c1-17-7-8-19(15(17)22)12-6-4-3-5-10(12)13-9-11(14(20)21)16-18(13)2/h3-6,9H,7-8H2,1-2H3,(H,20,21). The van der Waals surface area contributed by atoms with Crippen LogP contribution in [0.3, 0.4) is 0 Å². The number of aromatic carboxylic acids is 1. The molecule has 2 amide bonds. The first-order chi connectivity index (χ1) is 10.5. The molecule has 1 aromatic heterocycles. The number of carbonyl (C=O) groups is 2. The Morgan fingerprint density at radius 2 is 1.95 bits per heavy atom. The van der Waals surface area contributed by atoms with Gasteiger partial charge in [0.05, 0.1) is 11.4 Å². The van der Waals surface area contributed by atoms with Crippen molar-refractivity contribution in [1.82, 2.24) is 14.7 Å². The van der Waals surface area contributed by atoms with Crippen molar-refractivity contribution in [3.63, 3.8) is 0 Å². The summed E-state index contributed by atoms with van der Waals surface area (Å²) in [4.78, 5) is 26.7. The number of para-hydroxylation sites is 1. The molecule has 0 saturated carbocycles. The van der Waals surface area contributed by atoms with Crippen molar-refractivity contribution in [3.8, 4) is 11.3 Å². The number of urea groups is 1. The summed E-state index contributed by atoms with van der Waals surface area (Å²) in [5, 5.41) is 13.1. The Morgan fingerprint density at radius 3 is 2.55 bits per heavy atom. The minimum atomic E-state index is -1.07. The summed E-state index contributed by atoms with van der Waals surface area (Å²) in [6.45, 7) is 1.27. The number of amides is 2. The van der Waals surface area contributed by atoms with Gasteiger partial charge in [-0.1, -0.05) is 18.2 Å². The SMILES string of the molecule is CN1CCN(c2ccccc2-c2cc(C(=O)O)nn2C)C1=O. The van der Waals surface area contributed by atoms with Gasteiger partial charge in [0.15, 0.2) is 5.69 Å². The molecule has 3 rings (SSSR count). The molecule has 1 aliphatic heterocycles. The van der Waals surface area contributed by atoms with Gasteiger partial charge in [0.25, 0.3) is 0 Å². The number of carboxylic acid groups (broad SMARTS) is 1. The second kappa shape index (κ2) is 5.18. The second-order valence-electron chi connectivity index (χ2n) is 5.22. The molecule has 7 nitrogen and oxygen atoms in total. The molecule has 2 heterocycles.